The predicted molar refractivity (Wildman–Crippen MR) is 54.4 cm³/mol. The molecule has 62 valence electrons. The molecule has 0 heterocycles. The van der Waals surface area contributed by atoms with Crippen molar-refractivity contribution in [3.63, 3.8) is 0 Å². The number of aryl methyl sites for hydroxylation is 1. The molecule has 0 radical (unpaired) electrons. The fraction of sp³-hybridized carbons (Fsp3) is 0.182. The van der Waals surface area contributed by atoms with E-state index in [-0.39, 0.29) is 0 Å². The van der Waals surface area contributed by atoms with Gasteiger partial charge in [-0.05, 0) is 24.3 Å². The first-order chi connectivity index (χ1) is 5.77. The van der Waals surface area contributed by atoms with Crippen LogP contribution in [-0.4, -0.2) is 6.72 Å². The quantitative estimate of drug-likeness (QED) is 0.601. The number of nitrogens with zero attached hydrogens (tertiary/aromatic N) is 1. The molecule has 0 saturated carbocycles. The highest BCUT2D eigenvalue weighted by Gasteiger charge is 1.94. The van der Waals surface area contributed by atoms with Crippen molar-refractivity contribution in [3.05, 3.63) is 42.0 Å². The van der Waals surface area contributed by atoms with Crippen molar-refractivity contribution in [2.75, 3.05) is 0 Å². The normalized spacial score (nSPS) is 9.42. The van der Waals surface area contributed by atoms with Crippen LogP contribution in [0.1, 0.15) is 18.1 Å². The van der Waals surface area contributed by atoms with Gasteiger partial charge < -0.3 is 0 Å². The van der Waals surface area contributed by atoms with Crippen LogP contribution in [0.15, 0.2) is 35.8 Å². The van der Waals surface area contributed by atoms with E-state index >= 15 is 0 Å². The summed E-state index contributed by atoms with van der Waals surface area (Å²) in [6.45, 7) is 9.33. The molecule has 0 atom stereocenters. The molecule has 1 nitrogen and oxygen atoms in total. The van der Waals surface area contributed by atoms with Gasteiger partial charge in [-0.3, -0.25) is 4.99 Å². The molecular weight excluding hydrogens is 146 g/mol. The van der Waals surface area contributed by atoms with E-state index < -0.39 is 0 Å². The van der Waals surface area contributed by atoms with Crippen molar-refractivity contribution in [1.82, 2.24) is 0 Å². The van der Waals surface area contributed by atoms with Crippen molar-refractivity contribution in [2.45, 2.75) is 13.3 Å². The molecule has 0 aromatic heterocycles. The summed E-state index contributed by atoms with van der Waals surface area (Å²) in [4.78, 5) is 3.77. The van der Waals surface area contributed by atoms with Crippen LogP contribution < -0.4 is 0 Å². The Kier molecular flexibility index (Phi) is 2.81. The first-order valence-corrected chi connectivity index (χ1v) is 4.03. The summed E-state index contributed by atoms with van der Waals surface area (Å²) in [5, 5.41) is 0. The van der Waals surface area contributed by atoms with E-state index in [1.165, 1.54) is 5.56 Å². The predicted octanol–water partition coefficient (Wildman–Crippen LogP) is 2.92. The van der Waals surface area contributed by atoms with Crippen LogP contribution >= 0.6 is 0 Å². The highest BCUT2D eigenvalue weighted by Crippen LogP contribution is 2.13. The minimum absolute atomic E-state index is 0.734. The van der Waals surface area contributed by atoms with E-state index in [4.69, 9.17) is 0 Å². The third kappa shape index (κ3) is 1.82. The number of hydrogen-bond donors (Lipinski definition) is 0. The monoisotopic (exact) mass is 159 g/mol. The van der Waals surface area contributed by atoms with Crippen molar-refractivity contribution in [1.29, 1.82) is 0 Å². The molecule has 0 saturated heterocycles. The van der Waals surface area contributed by atoms with Gasteiger partial charge in [-0.15, -0.1) is 0 Å². The van der Waals surface area contributed by atoms with E-state index in [0.29, 0.717) is 0 Å². The molecule has 0 N–H and O–H groups in total. The van der Waals surface area contributed by atoms with E-state index in [2.05, 4.69) is 37.3 Å². The van der Waals surface area contributed by atoms with E-state index in [0.717, 1.165) is 17.7 Å². The maximum absolute atomic E-state index is 3.77. The van der Waals surface area contributed by atoms with Gasteiger partial charge in [0.05, 0.1) is 5.70 Å². The lowest BCUT2D eigenvalue weighted by molar-refractivity contribution is 1.14. The molecule has 12 heavy (non-hydrogen) atoms. The zero-order valence-corrected chi connectivity index (χ0v) is 7.38. The van der Waals surface area contributed by atoms with Crippen LogP contribution in [0.25, 0.3) is 5.70 Å². The average molecular weight is 159 g/mol. The fourth-order valence-corrected chi connectivity index (χ4v) is 1.02. The molecule has 1 heteroatoms. The standard InChI is InChI=1S/C11H13N/c1-4-10-5-7-11(8-6-10)9(2)12-3/h5-8H,2-4H2,1H3. The Morgan fingerprint density at radius 3 is 2.33 bits per heavy atom. The summed E-state index contributed by atoms with van der Waals surface area (Å²) in [5.41, 5.74) is 3.11. The van der Waals surface area contributed by atoms with Crippen molar-refractivity contribution in [3.8, 4) is 0 Å². The van der Waals surface area contributed by atoms with Gasteiger partial charge in [0.15, 0.2) is 0 Å². The summed E-state index contributed by atoms with van der Waals surface area (Å²) in [6, 6.07) is 8.23. The van der Waals surface area contributed by atoms with Gasteiger partial charge in [-0.25, -0.2) is 0 Å². The Morgan fingerprint density at radius 1 is 1.33 bits per heavy atom. The molecule has 1 rings (SSSR count). The third-order valence-corrected chi connectivity index (χ3v) is 1.89. The Hall–Kier alpha value is -1.37. The second kappa shape index (κ2) is 3.86. The topological polar surface area (TPSA) is 12.4 Å². The first-order valence-electron chi connectivity index (χ1n) is 4.03. The van der Waals surface area contributed by atoms with Crippen molar-refractivity contribution < 1.29 is 0 Å². The zero-order valence-electron chi connectivity index (χ0n) is 7.38. The average Bonchev–Trinajstić information content (AvgIpc) is 2.17. The summed E-state index contributed by atoms with van der Waals surface area (Å²) < 4.78 is 0. The molecule has 0 unspecified atom stereocenters. The lowest BCUT2D eigenvalue weighted by atomic mass is 10.1. The molecule has 0 amide bonds. The summed E-state index contributed by atoms with van der Waals surface area (Å²) >= 11 is 0. The van der Waals surface area contributed by atoms with Gasteiger partial charge >= 0.3 is 0 Å². The number of hydrogen-bond acceptors (Lipinski definition) is 1. The summed E-state index contributed by atoms with van der Waals surface area (Å²) in [6.07, 6.45) is 1.06. The number of benzene rings is 1. The molecule has 0 aliphatic rings. The maximum atomic E-state index is 3.77. The highest BCUT2D eigenvalue weighted by molar-refractivity contribution is 5.65. The largest absolute Gasteiger partial charge is 0.265 e. The molecule has 0 aliphatic carbocycles. The second-order valence-electron chi connectivity index (χ2n) is 2.66. The van der Waals surface area contributed by atoms with Crippen LogP contribution in [0.5, 0.6) is 0 Å². The molecule has 1 aromatic rings. The Bertz CT molecular complexity index is 282. The minimum Gasteiger partial charge on any atom is -0.265 e. The molecule has 0 bridgehead atoms. The zero-order chi connectivity index (χ0) is 8.97. The minimum atomic E-state index is 0.734. The number of rotatable bonds is 3. The number of aliphatic imine (C=N–C) groups is 1. The van der Waals surface area contributed by atoms with E-state index in [9.17, 15) is 0 Å². The molecule has 1 aromatic carbocycles. The lowest BCUT2D eigenvalue weighted by Crippen LogP contribution is -1.82. The Morgan fingerprint density at radius 2 is 1.92 bits per heavy atom. The highest BCUT2D eigenvalue weighted by atomic mass is 14.7. The SMILES string of the molecule is C=NC(=C)c1ccc(CC)cc1. The molecular formula is C11H13N. The third-order valence-electron chi connectivity index (χ3n) is 1.89. The van der Waals surface area contributed by atoms with E-state index in [1.807, 2.05) is 12.1 Å². The van der Waals surface area contributed by atoms with Crippen LogP contribution in [-0.2, 0) is 6.42 Å². The molecule has 0 aliphatic heterocycles. The van der Waals surface area contributed by atoms with Gasteiger partial charge in [-0.2, -0.15) is 0 Å². The molecule has 0 spiro atoms. The van der Waals surface area contributed by atoms with Crippen molar-refractivity contribution in [2.24, 2.45) is 4.99 Å². The van der Waals surface area contributed by atoms with Gasteiger partial charge in [0.1, 0.15) is 0 Å². The Balaban J connectivity index is 2.91. The maximum Gasteiger partial charge on any atom is 0.0622 e. The molecule has 0 fully saturated rings. The van der Waals surface area contributed by atoms with Crippen LogP contribution in [0.4, 0.5) is 0 Å². The first kappa shape index (κ1) is 8.72. The van der Waals surface area contributed by atoms with Gasteiger partial charge in [0, 0.05) is 0 Å². The summed E-state index contributed by atoms with van der Waals surface area (Å²) in [5.74, 6) is 0. The van der Waals surface area contributed by atoms with Crippen LogP contribution in [0, 0.1) is 0 Å². The smallest absolute Gasteiger partial charge is 0.0622 e. The van der Waals surface area contributed by atoms with Gasteiger partial charge in [-0.1, -0.05) is 37.8 Å². The van der Waals surface area contributed by atoms with Gasteiger partial charge in [0.25, 0.3) is 0 Å². The second-order valence-corrected chi connectivity index (χ2v) is 2.66. The van der Waals surface area contributed by atoms with E-state index in [1.54, 1.807) is 0 Å². The van der Waals surface area contributed by atoms with Crippen molar-refractivity contribution >= 4 is 12.4 Å². The Labute approximate surface area is 73.5 Å². The lowest BCUT2D eigenvalue weighted by Gasteiger charge is -2.00. The van der Waals surface area contributed by atoms with Crippen LogP contribution in [0.2, 0.25) is 0 Å². The fourth-order valence-electron chi connectivity index (χ4n) is 1.02. The van der Waals surface area contributed by atoms with Gasteiger partial charge in [0.2, 0.25) is 0 Å². The van der Waals surface area contributed by atoms with Crippen LogP contribution in [0.3, 0.4) is 0 Å². The summed E-state index contributed by atoms with van der Waals surface area (Å²) in [7, 11) is 0.